The fourth-order valence-corrected chi connectivity index (χ4v) is 9.52. The number of halogens is 5. The molecule has 0 atom stereocenters. The molecule has 0 aliphatic heterocycles. The molecule has 0 aliphatic carbocycles. The number of aromatic carboxylic acids is 1. The summed E-state index contributed by atoms with van der Waals surface area (Å²) in [4.78, 5) is 25.8. The van der Waals surface area contributed by atoms with Crippen LogP contribution in [0, 0.1) is 116 Å². The first-order valence-corrected chi connectivity index (χ1v) is 26.0. The molecule has 0 saturated heterocycles. The Bertz CT molecular complexity index is 4100. The number of benzene rings is 7. The summed E-state index contributed by atoms with van der Waals surface area (Å²) >= 11 is 0. The molecule has 0 unspecified atom stereocenters. The summed E-state index contributed by atoms with van der Waals surface area (Å²) in [6, 6.07) is 45.3. The van der Waals surface area contributed by atoms with Crippen molar-refractivity contribution in [1.29, 1.82) is 0 Å². The second-order valence-corrected chi connectivity index (χ2v) is 19.5. The quantitative estimate of drug-likeness (QED) is 0.0661. The van der Waals surface area contributed by atoms with Crippen LogP contribution in [0.3, 0.4) is 0 Å². The van der Waals surface area contributed by atoms with E-state index in [2.05, 4.69) is 164 Å². The first-order chi connectivity index (χ1) is 39.8. The number of aryl methyl sites for hydroxylation is 4. The van der Waals surface area contributed by atoms with E-state index in [1.807, 2.05) is 23.0 Å². The molecule has 0 aliphatic rings. The van der Waals surface area contributed by atoms with Gasteiger partial charge in [0.25, 0.3) is 0 Å². The van der Waals surface area contributed by atoms with Gasteiger partial charge in [-0.3, -0.25) is 14.8 Å². The number of hydrogen-bond acceptors (Lipinski definition) is 6. The van der Waals surface area contributed by atoms with E-state index in [1.54, 1.807) is 54.9 Å². The van der Waals surface area contributed by atoms with Crippen LogP contribution in [0.2, 0.25) is 0 Å². The van der Waals surface area contributed by atoms with Gasteiger partial charge in [0, 0.05) is 103 Å². The summed E-state index contributed by atoms with van der Waals surface area (Å²) in [6.07, 6.45) is 10.3. The van der Waals surface area contributed by atoms with Crippen molar-refractivity contribution in [2.75, 3.05) is 0 Å². The average molecular weight is 1690 g/mol. The van der Waals surface area contributed by atoms with E-state index in [0.717, 1.165) is 39.8 Å². The van der Waals surface area contributed by atoms with Crippen molar-refractivity contribution in [3.63, 3.8) is 0 Å². The van der Waals surface area contributed by atoms with Crippen molar-refractivity contribution >= 4 is 11.7 Å². The zero-order chi connectivity index (χ0) is 59.6. The monoisotopic (exact) mass is 1690 g/mol. The molecule has 1 N–H and O–H groups in total. The number of carboxylic acid groups (broad SMARTS) is 1. The van der Waals surface area contributed by atoms with Gasteiger partial charge in [0.15, 0.2) is 23.3 Å². The van der Waals surface area contributed by atoms with Crippen LogP contribution < -0.4 is 0 Å². The van der Waals surface area contributed by atoms with Gasteiger partial charge in [0.2, 0.25) is 5.82 Å². The minimum atomic E-state index is -2.20. The number of carbonyl (C=O) groups is 1. The van der Waals surface area contributed by atoms with E-state index in [-0.39, 0.29) is 71.8 Å². The van der Waals surface area contributed by atoms with Crippen molar-refractivity contribution < 1.29 is 92.2 Å². The van der Waals surface area contributed by atoms with Gasteiger partial charge in [-0.1, -0.05) is 53.6 Å². The van der Waals surface area contributed by atoms with E-state index >= 15 is 0 Å². The van der Waals surface area contributed by atoms with E-state index in [0.29, 0.717) is 17.1 Å². The van der Waals surface area contributed by atoms with E-state index < -0.39 is 40.7 Å². The number of aromatic nitrogens is 8. The van der Waals surface area contributed by atoms with Crippen molar-refractivity contribution in [1.82, 2.24) is 38.9 Å². The normalized spacial score (nSPS) is 10.3. The molecular formula is C67H55F5Ir3N9O2-3. The van der Waals surface area contributed by atoms with Crippen LogP contribution >= 0.6 is 0 Å². The van der Waals surface area contributed by atoms with E-state index in [9.17, 15) is 26.7 Å². The second kappa shape index (κ2) is 30.8. The van der Waals surface area contributed by atoms with Gasteiger partial charge in [-0.2, -0.15) is 11.2 Å². The van der Waals surface area contributed by atoms with Crippen LogP contribution in [0.5, 0.6) is 0 Å². The Morgan fingerprint density at radius 3 is 1.59 bits per heavy atom. The van der Waals surface area contributed by atoms with Crippen LogP contribution in [-0.2, 0) is 66.7 Å². The molecule has 3 radical (unpaired) electrons. The molecule has 4 heterocycles. The molecule has 4 aromatic heterocycles. The third kappa shape index (κ3) is 15.4. The Morgan fingerprint density at radius 2 is 1.05 bits per heavy atom. The van der Waals surface area contributed by atoms with Crippen LogP contribution in [0.15, 0.2) is 153 Å². The maximum Gasteiger partial charge on any atom is 0.354 e. The molecule has 445 valence electrons. The standard InChI is InChI=1S/C26H25N2.C20H19N4.C15H6F5N2.C6H5NO2.3Ir/c1-18-8-10-22(11-9-18)16-23-6-5-7-24(17-23)26-27-12-13-28(26)25-20(3)14-19(2)15-21(25)4;1-12-13(2)15(4)19(16(5)14(12)3)24-11-22-23-20(24)17-8-7-9-18(10-17)21-6;16-9-10(17)12(19)14(13(20)11(9)18)22-7-6-21-15(22)8-4-2-1-3-5-8;8-6(9)5-3-1-2-4-7-5;;;/h5-6,8-15,17H,16H2,1-4H3;7,9-11H,1-5H3;1-4,6-7H;1-4H,(H,8,9);;;/q3*-1;;;;. The molecule has 7 aromatic carbocycles. The molecular weight excluding hydrogens is 1630 g/mol. The molecule has 11 nitrogen and oxygen atoms in total. The predicted molar refractivity (Wildman–Crippen MR) is 310 cm³/mol. The van der Waals surface area contributed by atoms with Gasteiger partial charge in [-0.15, -0.1) is 100 Å². The topological polar surface area (TPSA) is 121 Å². The second-order valence-electron chi connectivity index (χ2n) is 19.5. The zero-order valence-electron chi connectivity index (χ0n) is 47.9. The van der Waals surface area contributed by atoms with Crippen molar-refractivity contribution in [2.24, 2.45) is 0 Å². The van der Waals surface area contributed by atoms with Gasteiger partial charge in [0.1, 0.15) is 23.4 Å². The Hall–Kier alpha value is -8.19. The Kier molecular flexibility index (Phi) is 24.5. The summed E-state index contributed by atoms with van der Waals surface area (Å²) in [5.74, 6) is -9.42. The summed E-state index contributed by atoms with van der Waals surface area (Å²) in [5.41, 5.74) is 18.0. The number of pyridine rings is 1. The summed E-state index contributed by atoms with van der Waals surface area (Å²) in [5, 5.41) is 16.7. The molecule has 0 fully saturated rings. The SMILES string of the molecule is Cc1ccc(Cc2cc[c-]c(-c3nccn3-c3c(C)cc(C)cc3C)c2)cc1.Fc1c(F)c(F)c(-n2ccnc2-c2[c-]cccc2)c(F)c1F.O=C(O)c1ccccn1.[C-]#[N+]c1cc[c-]c(-c2nncn2-c2c(C)c(C)c(C)c(C)c2C)c1.[Ir].[Ir].[Ir]. The van der Waals surface area contributed by atoms with Crippen LogP contribution in [0.1, 0.15) is 71.7 Å². The molecule has 11 aromatic rings. The maximum atomic E-state index is 13.9. The van der Waals surface area contributed by atoms with Gasteiger partial charge < -0.3 is 18.8 Å². The third-order valence-corrected chi connectivity index (χ3v) is 14.0. The first-order valence-electron chi connectivity index (χ1n) is 26.0. The summed E-state index contributed by atoms with van der Waals surface area (Å²) in [7, 11) is 0. The smallest absolute Gasteiger partial charge is 0.354 e. The molecule has 0 saturated carbocycles. The minimum Gasteiger partial charge on any atom is -0.477 e. The Morgan fingerprint density at radius 1 is 0.512 bits per heavy atom. The number of rotatable bonds is 9. The van der Waals surface area contributed by atoms with Crippen LogP contribution in [0.25, 0.3) is 56.1 Å². The Labute approximate surface area is 537 Å². The molecule has 0 spiro atoms. The molecule has 19 heteroatoms. The number of hydrogen-bond donors (Lipinski definition) is 1. The van der Waals surface area contributed by atoms with Gasteiger partial charge in [-0.25, -0.2) is 31.7 Å². The first kappa shape index (κ1) is 68.6. The van der Waals surface area contributed by atoms with Crippen molar-refractivity contribution in [3.8, 4) is 51.2 Å². The van der Waals surface area contributed by atoms with E-state index in [1.165, 1.54) is 91.4 Å². The van der Waals surface area contributed by atoms with Crippen molar-refractivity contribution in [3.05, 3.63) is 278 Å². The van der Waals surface area contributed by atoms with Gasteiger partial charge in [-0.05, 0) is 125 Å². The van der Waals surface area contributed by atoms with E-state index in [4.69, 9.17) is 11.7 Å². The number of carboxylic acids is 1. The molecule has 0 amide bonds. The molecule has 11 rings (SSSR count). The van der Waals surface area contributed by atoms with Crippen molar-refractivity contribution in [2.45, 2.75) is 68.7 Å². The molecule has 0 bridgehead atoms. The van der Waals surface area contributed by atoms with Crippen LogP contribution in [-0.4, -0.2) is 49.9 Å². The predicted octanol–water partition coefficient (Wildman–Crippen LogP) is 15.8. The fourth-order valence-electron chi connectivity index (χ4n) is 9.52. The number of nitrogens with zero attached hydrogens (tertiary/aromatic N) is 9. The van der Waals surface area contributed by atoms with Gasteiger partial charge in [0.05, 0.1) is 24.0 Å². The Balaban J connectivity index is 0.000000217. The largest absolute Gasteiger partial charge is 0.477 e. The third-order valence-electron chi connectivity index (χ3n) is 14.0. The number of imidazole rings is 2. The minimum absolute atomic E-state index is 0. The summed E-state index contributed by atoms with van der Waals surface area (Å²) < 4.78 is 72.5. The van der Waals surface area contributed by atoms with Crippen LogP contribution in [0.4, 0.5) is 27.6 Å². The van der Waals surface area contributed by atoms with Gasteiger partial charge >= 0.3 is 5.97 Å². The fraction of sp³-hybridized carbons (Fsp3) is 0.149. The molecule has 86 heavy (non-hydrogen) atoms. The average Bonchev–Trinajstić information content (AvgIpc) is 2.16. The zero-order valence-corrected chi connectivity index (χ0v) is 55.1. The summed E-state index contributed by atoms with van der Waals surface area (Å²) in [6.45, 7) is 26.5. The maximum absolute atomic E-state index is 13.9.